The van der Waals surface area contributed by atoms with Gasteiger partial charge in [-0.15, -0.1) is 0 Å². The van der Waals surface area contributed by atoms with Crippen LogP contribution >= 0.6 is 0 Å². The van der Waals surface area contributed by atoms with Crippen LogP contribution in [0.25, 0.3) is 0 Å². The van der Waals surface area contributed by atoms with Gasteiger partial charge in [0.05, 0.1) is 6.04 Å². The number of pyridine rings is 1. The molecule has 0 aromatic carbocycles. The van der Waals surface area contributed by atoms with Crippen LogP contribution in [-0.2, 0) is 11.2 Å². The van der Waals surface area contributed by atoms with Gasteiger partial charge in [-0.3, -0.25) is 9.78 Å². The van der Waals surface area contributed by atoms with E-state index < -0.39 is 0 Å². The van der Waals surface area contributed by atoms with E-state index in [1.165, 1.54) is 5.56 Å². The average molecular weight is 205 g/mol. The van der Waals surface area contributed by atoms with Crippen LogP contribution in [0.2, 0.25) is 0 Å². The second-order valence-electron chi connectivity index (χ2n) is 3.69. The summed E-state index contributed by atoms with van der Waals surface area (Å²) < 4.78 is 0. The smallest absolute Gasteiger partial charge is 0.237 e. The molecule has 1 atom stereocenters. The molecule has 0 spiro atoms. The number of hydrogen-bond acceptors (Lipinski definition) is 3. The van der Waals surface area contributed by atoms with Gasteiger partial charge in [0.15, 0.2) is 0 Å². The van der Waals surface area contributed by atoms with Gasteiger partial charge in [0.2, 0.25) is 5.91 Å². The van der Waals surface area contributed by atoms with Crippen molar-refractivity contribution in [1.82, 2.24) is 15.6 Å². The normalized spacial score (nSPS) is 21.1. The Bertz CT molecular complexity index is 326. The SMILES string of the molecule is O=C1NCCNC1CCc1ccncc1. The molecule has 1 aliphatic rings. The quantitative estimate of drug-likeness (QED) is 0.736. The first-order chi connectivity index (χ1) is 7.36. The number of nitrogens with zero attached hydrogens (tertiary/aromatic N) is 1. The topological polar surface area (TPSA) is 54.0 Å². The van der Waals surface area contributed by atoms with Gasteiger partial charge in [-0.2, -0.15) is 0 Å². The van der Waals surface area contributed by atoms with Gasteiger partial charge in [0, 0.05) is 25.5 Å². The lowest BCUT2D eigenvalue weighted by atomic mass is 10.0. The van der Waals surface area contributed by atoms with Crippen molar-refractivity contribution in [2.45, 2.75) is 18.9 Å². The summed E-state index contributed by atoms with van der Waals surface area (Å²) in [6.07, 6.45) is 5.32. The number of carbonyl (C=O) groups is 1. The number of aromatic nitrogens is 1. The third-order valence-electron chi connectivity index (χ3n) is 2.60. The Kier molecular flexibility index (Phi) is 3.29. The van der Waals surface area contributed by atoms with Crippen LogP contribution in [0.4, 0.5) is 0 Å². The van der Waals surface area contributed by atoms with Crippen molar-refractivity contribution >= 4 is 5.91 Å². The van der Waals surface area contributed by atoms with Gasteiger partial charge in [0.25, 0.3) is 0 Å². The molecule has 2 N–H and O–H groups in total. The lowest BCUT2D eigenvalue weighted by molar-refractivity contribution is -0.124. The molecule has 1 unspecified atom stereocenters. The first-order valence-electron chi connectivity index (χ1n) is 5.26. The number of rotatable bonds is 3. The Hall–Kier alpha value is -1.42. The molecule has 4 nitrogen and oxygen atoms in total. The highest BCUT2D eigenvalue weighted by molar-refractivity contribution is 5.82. The second-order valence-corrected chi connectivity index (χ2v) is 3.69. The molecular weight excluding hydrogens is 190 g/mol. The zero-order valence-electron chi connectivity index (χ0n) is 8.57. The molecule has 2 heterocycles. The van der Waals surface area contributed by atoms with E-state index in [0.717, 1.165) is 25.9 Å². The first-order valence-corrected chi connectivity index (χ1v) is 5.26. The third kappa shape index (κ3) is 2.76. The van der Waals surface area contributed by atoms with E-state index >= 15 is 0 Å². The fraction of sp³-hybridized carbons (Fsp3) is 0.455. The molecule has 0 aliphatic carbocycles. The molecule has 80 valence electrons. The number of aryl methyl sites for hydroxylation is 1. The van der Waals surface area contributed by atoms with E-state index in [2.05, 4.69) is 15.6 Å². The van der Waals surface area contributed by atoms with Gasteiger partial charge >= 0.3 is 0 Å². The van der Waals surface area contributed by atoms with Gasteiger partial charge in [-0.05, 0) is 30.5 Å². The van der Waals surface area contributed by atoms with Gasteiger partial charge < -0.3 is 10.6 Å². The highest BCUT2D eigenvalue weighted by Gasteiger charge is 2.20. The maximum atomic E-state index is 11.4. The lowest BCUT2D eigenvalue weighted by Gasteiger charge is -2.23. The number of amides is 1. The summed E-state index contributed by atoms with van der Waals surface area (Å²) in [5.41, 5.74) is 1.23. The highest BCUT2D eigenvalue weighted by Crippen LogP contribution is 2.05. The minimum absolute atomic E-state index is 0.0353. The highest BCUT2D eigenvalue weighted by atomic mass is 16.2. The predicted octanol–water partition coefficient (Wildman–Crippen LogP) is 0.102. The molecule has 15 heavy (non-hydrogen) atoms. The Morgan fingerprint density at radius 1 is 1.33 bits per heavy atom. The average Bonchev–Trinajstić information content (AvgIpc) is 2.29. The summed E-state index contributed by atoms with van der Waals surface area (Å²) in [4.78, 5) is 15.4. The molecule has 1 fully saturated rings. The molecule has 1 aliphatic heterocycles. The molecule has 1 saturated heterocycles. The van der Waals surface area contributed by atoms with Crippen LogP contribution in [0, 0.1) is 0 Å². The van der Waals surface area contributed by atoms with Crippen LogP contribution in [0.15, 0.2) is 24.5 Å². The number of nitrogens with one attached hydrogen (secondary N) is 2. The number of piperazine rings is 1. The van der Waals surface area contributed by atoms with Crippen molar-refractivity contribution in [3.8, 4) is 0 Å². The van der Waals surface area contributed by atoms with Gasteiger partial charge in [-0.1, -0.05) is 0 Å². The van der Waals surface area contributed by atoms with E-state index in [0.29, 0.717) is 0 Å². The molecule has 0 saturated carbocycles. The summed E-state index contributed by atoms with van der Waals surface area (Å²) in [6.45, 7) is 1.61. The minimum Gasteiger partial charge on any atom is -0.353 e. The zero-order valence-corrected chi connectivity index (χ0v) is 8.57. The van der Waals surface area contributed by atoms with Crippen molar-refractivity contribution in [2.24, 2.45) is 0 Å². The van der Waals surface area contributed by atoms with Crippen molar-refractivity contribution in [1.29, 1.82) is 0 Å². The van der Waals surface area contributed by atoms with E-state index in [4.69, 9.17) is 0 Å². The molecule has 1 aromatic heterocycles. The molecule has 0 radical (unpaired) electrons. The third-order valence-corrected chi connectivity index (χ3v) is 2.60. The van der Waals surface area contributed by atoms with Crippen molar-refractivity contribution in [3.05, 3.63) is 30.1 Å². The van der Waals surface area contributed by atoms with Gasteiger partial charge in [0.1, 0.15) is 0 Å². The molecular formula is C11H15N3O. The number of carbonyl (C=O) groups excluding carboxylic acids is 1. The van der Waals surface area contributed by atoms with Crippen molar-refractivity contribution in [3.63, 3.8) is 0 Å². The van der Waals surface area contributed by atoms with Crippen molar-refractivity contribution in [2.75, 3.05) is 13.1 Å². The maximum absolute atomic E-state index is 11.4. The van der Waals surface area contributed by atoms with E-state index in [1.54, 1.807) is 12.4 Å². The number of hydrogen-bond donors (Lipinski definition) is 2. The molecule has 4 heteroatoms. The molecule has 2 rings (SSSR count). The van der Waals surface area contributed by atoms with Gasteiger partial charge in [-0.25, -0.2) is 0 Å². The second kappa shape index (κ2) is 4.89. The van der Waals surface area contributed by atoms with E-state index in [1.807, 2.05) is 12.1 Å². The van der Waals surface area contributed by atoms with Crippen molar-refractivity contribution < 1.29 is 4.79 Å². The Morgan fingerprint density at radius 2 is 2.13 bits per heavy atom. The maximum Gasteiger partial charge on any atom is 0.237 e. The predicted molar refractivity (Wildman–Crippen MR) is 57.4 cm³/mol. The minimum atomic E-state index is -0.0353. The Labute approximate surface area is 89.1 Å². The van der Waals surface area contributed by atoms with E-state index in [-0.39, 0.29) is 11.9 Å². The zero-order chi connectivity index (χ0) is 10.5. The fourth-order valence-electron chi connectivity index (χ4n) is 1.74. The van der Waals surface area contributed by atoms with Crippen LogP contribution in [0.1, 0.15) is 12.0 Å². The summed E-state index contributed by atoms with van der Waals surface area (Å²) in [5.74, 6) is 0.121. The Morgan fingerprint density at radius 3 is 2.87 bits per heavy atom. The molecule has 0 bridgehead atoms. The van der Waals surface area contributed by atoms with Crippen LogP contribution in [0.5, 0.6) is 0 Å². The first kappa shape index (κ1) is 10.1. The lowest BCUT2D eigenvalue weighted by Crippen LogP contribution is -2.52. The molecule has 1 amide bonds. The van der Waals surface area contributed by atoms with E-state index in [9.17, 15) is 4.79 Å². The Balaban J connectivity index is 1.85. The summed E-state index contributed by atoms with van der Waals surface area (Å²) >= 11 is 0. The van der Waals surface area contributed by atoms with Crippen LogP contribution < -0.4 is 10.6 Å². The monoisotopic (exact) mass is 205 g/mol. The molecule has 1 aromatic rings. The fourth-order valence-corrected chi connectivity index (χ4v) is 1.74. The standard InChI is InChI=1S/C11H15N3O/c15-11-10(13-7-8-14-11)2-1-9-3-5-12-6-4-9/h3-6,10,13H,1-2,7-8H2,(H,14,15). The summed E-state index contributed by atoms with van der Waals surface area (Å²) in [7, 11) is 0. The largest absolute Gasteiger partial charge is 0.353 e. The van der Waals surface area contributed by atoms with Crippen LogP contribution in [-0.4, -0.2) is 30.0 Å². The summed E-state index contributed by atoms with van der Waals surface area (Å²) in [5, 5.41) is 6.07. The van der Waals surface area contributed by atoms with Crippen LogP contribution in [0.3, 0.4) is 0 Å². The summed E-state index contributed by atoms with van der Waals surface area (Å²) in [6, 6.07) is 3.94.